The number of hydrogen-bond acceptors (Lipinski definition) is 7. The number of tetrazole rings is 1. The maximum atomic E-state index is 12.3. The van der Waals surface area contributed by atoms with E-state index in [0.717, 1.165) is 17.8 Å². The Morgan fingerprint density at radius 2 is 2.23 bits per heavy atom. The second kappa shape index (κ2) is 5.26. The van der Waals surface area contributed by atoms with Gasteiger partial charge in [0.2, 0.25) is 5.13 Å². The van der Waals surface area contributed by atoms with Crippen LogP contribution in [0.15, 0.2) is 30.6 Å². The number of aromatic nitrogens is 6. The van der Waals surface area contributed by atoms with Gasteiger partial charge in [-0.05, 0) is 41.5 Å². The van der Waals surface area contributed by atoms with Gasteiger partial charge in [-0.3, -0.25) is 10.1 Å². The molecule has 1 amide bonds. The van der Waals surface area contributed by atoms with Crippen molar-refractivity contribution < 1.29 is 4.79 Å². The monoisotopic (exact) mass is 313 g/mol. The van der Waals surface area contributed by atoms with Gasteiger partial charge in [-0.2, -0.15) is 0 Å². The second-order valence-electron chi connectivity index (χ2n) is 4.98. The fourth-order valence-electron chi connectivity index (χ4n) is 2.02. The molecule has 0 radical (unpaired) electrons. The largest absolute Gasteiger partial charge is 0.296 e. The SMILES string of the molecule is O=C(Nc1nnc(C2CC2)s1)c1cccc(-n2cnnn2)c1. The van der Waals surface area contributed by atoms with E-state index in [1.54, 1.807) is 18.2 Å². The Morgan fingerprint density at radius 1 is 1.32 bits per heavy atom. The van der Waals surface area contributed by atoms with Crippen LogP contribution in [0.25, 0.3) is 5.69 Å². The van der Waals surface area contributed by atoms with Crippen LogP contribution in [0.3, 0.4) is 0 Å². The highest BCUT2D eigenvalue weighted by Gasteiger charge is 2.27. The molecule has 2 heterocycles. The van der Waals surface area contributed by atoms with Gasteiger partial charge in [0.25, 0.3) is 5.91 Å². The zero-order valence-corrected chi connectivity index (χ0v) is 12.2. The van der Waals surface area contributed by atoms with E-state index in [9.17, 15) is 4.79 Å². The molecule has 1 N–H and O–H groups in total. The molecule has 3 aromatic rings. The summed E-state index contributed by atoms with van der Waals surface area (Å²) in [6.45, 7) is 0. The standard InChI is InChI=1S/C13H11N7OS/c21-11(15-13-17-16-12(22-13)8-4-5-8)9-2-1-3-10(6-9)20-7-14-18-19-20/h1-3,6-8H,4-5H2,(H,15,17,21). The van der Waals surface area contributed by atoms with E-state index in [-0.39, 0.29) is 5.91 Å². The minimum atomic E-state index is -0.228. The number of carbonyl (C=O) groups excluding carboxylic acids is 1. The molecule has 0 spiro atoms. The maximum absolute atomic E-state index is 12.3. The van der Waals surface area contributed by atoms with Gasteiger partial charge in [0.1, 0.15) is 11.3 Å². The van der Waals surface area contributed by atoms with Crippen molar-refractivity contribution in [2.75, 3.05) is 5.32 Å². The van der Waals surface area contributed by atoms with Crippen molar-refractivity contribution in [3.63, 3.8) is 0 Å². The molecule has 22 heavy (non-hydrogen) atoms. The first kappa shape index (κ1) is 13.0. The van der Waals surface area contributed by atoms with Crippen LogP contribution in [0.4, 0.5) is 5.13 Å². The Balaban J connectivity index is 1.53. The van der Waals surface area contributed by atoms with Crippen molar-refractivity contribution in [2.45, 2.75) is 18.8 Å². The Kier molecular flexibility index (Phi) is 3.11. The quantitative estimate of drug-likeness (QED) is 0.786. The Labute approximate surface area is 129 Å². The van der Waals surface area contributed by atoms with E-state index >= 15 is 0 Å². The first-order chi connectivity index (χ1) is 10.8. The Hall–Kier alpha value is -2.68. The first-order valence-electron chi connectivity index (χ1n) is 6.78. The van der Waals surface area contributed by atoms with E-state index in [0.29, 0.717) is 22.3 Å². The minimum absolute atomic E-state index is 0.228. The van der Waals surface area contributed by atoms with Gasteiger partial charge in [0.05, 0.1) is 5.69 Å². The number of rotatable bonds is 4. The molecule has 1 saturated carbocycles. The summed E-state index contributed by atoms with van der Waals surface area (Å²) >= 11 is 1.44. The van der Waals surface area contributed by atoms with Crippen LogP contribution >= 0.6 is 11.3 Å². The van der Waals surface area contributed by atoms with Gasteiger partial charge < -0.3 is 0 Å². The van der Waals surface area contributed by atoms with Crippen molar-refractivity contribution in [2.24, 2.45) is 0 Å². The third-order valence-electron chi connectivity index (χ3n) is 3.31. The molecule has 1 aliphatic rings. The fourth-order valence-corrected chi connectivity index (χ4v) is 2.93. The molecule has 1 aliphatic carbocycles. The van der Waals surface area contributed by atoms with E-state index in [1.165, 1.54) is 22.3 Å². The molecule has 0 unspecified atom stereocenters. The first-order valence-corrected chi connectivity index (χ1v) is 7.59. The number of benzene rings is 1. The molecule has 0 aliphatic heterocycles. The summed E-state index contributed by atoms with van der Waals surface area (Å²) in [4.78, 5) is 12.3. The fraction of sp³-hybridized carbons (Fsp3) is 0.231. The summed E-state index contributed by atoms with van der Waals surface area (Å²) in [6.07, 6.45) is 3.80. The van der Waals surface area contributed by atoms with E-state index in [2.05, 4.69) is 31.0 Å². The van der Waals surface area contributed by atoms with Gasteiger partial charge >= 0.3 is 0 Å². The average molecular weight is 313 g/mol. The number of carbonyl (C=O) groups is 1. The van der Waals surface area contributed by atoms with Gasteiger partial charge in [-0.25, -0.2) is 4.68 Å². The Bertz CT molecular complexity index is 809. The maximum Gasteiger partial charge on any atom is 0.257 e. The van der Waals surface area contributed by atoms with Crippen molar-refractivity contribution in [3.8, 4) is 5.69 Å². The number of nitrogens with zero attached hydrogens (tertiary/aromatic N) is 6. The van der Waals surface area contributed by atoms with Crippen LogP contribution in [0, 0.1) is 0 Å². The second-order valence-corrected chi connectivity index (χ2v) is 5.99. The lowest BCUT2D eigenvalue weighted by molar-refractivity contribution is 0.102. The van der Waals surface area contributed by atoms with Crippen molar-refractivity contribution >= 4 is 22.4 Å². The van der Waals surface area contributed by atoms with Crippen molar-refractivity contribution in [1.29, 1.82) is 0 Å². The smallest absolute Gasteiger partial charge is 0.257 e. The number of anilines is 1. The molecular formula is C13H11N7OS. The van der Waals surface area contributed by atoms with Crippen LogP contribution in [0.1, 0.15) is 34.1 Å². The summed E-state index contributed by atoms with van der Waals surface area (Å²) < 4.78 is 1.49. The van der Waals surface area contributed by atoms with Crippen LogP contribution in [0.5, 0.6) is 0 Å². The number of hydrogen-bond donors (Lipinski definition) is 1. The third-order valence-corrected chi connectivity index (χ3v) is 4.31. The molecule has 110 valence electrons. The summed E-state index contributed by atoms with van der Waals surface area (Å²) in [5.74, 6) is 0.305. The lowest BCUT2D eigenvalue weighted by Gasteiger charge is -2.04. The molecule has 0 saturated heterocycles. The topological polar surface area (TPSA) is 98.5 Å². The molecule has 0 atom stereocenters. The highest BCUT2D eigenvalue weighted by molar-refractivity contribution is 7.15. The van der Waals surface area contributed by atoms with E-state index in [1.807, 2.05) is 6.07 Å². The molecule has 1 aromatic carbocycles. The minimum Gasteiger partial charge on any atom is -0.296 e. The summed E-state index contributed by atoms with van der Waals surface area (Å²) in [7, 11) is 0. The van der Waals surface area contributed by atoms with Crippen LogP contribution in [-0.2, 0) is 0 Å². The summed E-state index contributed by atoms with van der Waals surface area (Å²) in [6, 6.07) is 7.05. The van der Waals surface area contributed by atoms with Crippen molar-refractivity contribution in [1.82, 2.24) is 30.4 Å². The normalized spacial score (nSPS) is 14.0. The lowest BCUT2D eigenvalue weighted by Crippen LogP contribution is -2.12. The molecular weight excluding hydrogens is 302 g/mol. The number of amides is 1. The highest BCUT2D eigenvalue weighted by atomic mass is 32.1. The van der Waals surface area contributed by atoms with E-state index in [4.69, 9.17) is 0 Å². The van der Waals surface area contributed by atoms with Gasteiger partial charge in [-0.15, -0.1) is 15.3 Å². The highest BCUT2D eigenvalue weighted by Crippen LogP contribution is 2.42. The molecule has 2 aromatic heterocycles. The zero-order valence-electron chi connectivity index (χ0n) is 11.4. The summed E-state index contributed by atoms with van der Waals surface area (Å²) in [5.41, 5.74) is 1.23. The van der Waals surface area contributed by atoms with Gasteiger partial charge in [-0.1, -0.05) is 17.4 Å². The third kappa shape index (κ3) is 2.58. The van der Waals surface area contributed by atoms with Crippen LogP contribution in [0.2, 0.25) is 0 Å². The molecule has 0 bridgehead atoms. The molecule has 4 rings (SSSR count). The molecule has 1 fully saturated rings. The predicted octanol–water partition coefficient (Wildman–Crippen LogP) is 1.64. The zero-order chi connectivity index (χ0) is 14.9. The van der Waals surface area contributed by atoms with Gasteiger partial charge in [0.15, 0.2) is 0 Å². The Morgan fingerprint density at radius 3 is 3.00 bits per heavy atom. The van der Waals surface area contributed by atoms with Gasteiger partial charge in [0, 0.05) is 11.5 Å². The van der Waals surface area contributed by atoms with Crippen LogP contribution in [-0.4, -0.2) is 36.3 Å². The van der Waals surface area contributed by atoms with Crippen molar-refractivity contribution in [3.05, 3.63) is 41.2 Å². The molecule has 9 heteroatoms. The van der Waals surface area contributed by atoms with Crippen LogP contribution < -0.4 is 5.32 Å². The average Bonchev–Trinajstić information content (AvgIpc) is 3.06. The number of nitrogens with one attached hydrogen (secondary N) is 1. The predicted molar refractivity (Wildman–Crippen MR) is 79.0 cm³/mol. The summed E-state index contributed by atoms with van der Waals surface area (Å²) in [5, 5.41) is 23.4. The van der Waals surface area contributed by atoms with E-state index < -0.39 is 0 Å². The molecule has 8 nitrogen and oxygen atoms in total. The lowest BCUT2D eigenvalue weighted by atomic mass is 10.2.